The Hall–Kier alpha value is -3.29. The number of hydrogen-bond acceptors (Lipinski definition) is 6. The normalized spacial score (nSPS) is 23.2. The first-order chi connectivity index (χ1) is 12.0. The third-order valence-corrected chi connectivity index (χ3v) is 4.57. The topological polar surface area (TPSA) is 108 Å². The number of carbonyl (C=O) groups is 1. The van der Waals surface area contributed by atoms with Crippen LogP contribution >= 0.6 is 0 Å². The number of methoxy groups -OCH3 is 1. The Labute approximate surface area is 141 Å². The van der Waals surface area contributed by atoms with Gasteiger partial charge in [0.15, 0.2) is 11.5 Å². The van der Waals surface area contributed by atoms with E-state index in [0.717, 1.165) is 0 Å². The highest BCUT2D eigenvalue weighted by Crippen LogP contribution is 2.51. The summed E-state index contributed by atoms with van der Waals surface area (Å²) in [5.74, 6) is -2.13. The lowest BCUT2D eigenvalue weighted by molar-refractivity contribution is -0.430. The van der Waals surface area contributed by atoms with Crippen LogP contribution in [0.3, 0.4) is 0 Å². The average Bonchev–Trinajstić information content (AvgIpc) is 3.07. The van der Waals surface area contributed by atoms with Crippen LogP contribution in [0.5, 0.6) is 5.75 Å². The predicted molar refractivity (Wildman–Crippen MR) is 84.6 cm³/mol. The Balaban J connectivity index is 2.06. The molecule has 1 fully saturated rings. The monoisotopic (exact) mass is 343 g/mol. The molecule has 0 saturated carbocycles. The van der Waals surface area contributed by atoms with Gasteiger partial charge < -0.3 is 19.3 Å². The van der Waals surface area contributed by atoms with E-state index in [1.807, 2.05) is 0 Å². The molecule has 0 amide bonds. The summed E-state index contributed by atoms with van der Waals surface area (Å²) in [5, 5.41) is 21.3. The van der Waals surface area contributed by atoms with Gasteiger partial charge in [-0.25, -0.2) is 0 Å². The molecule has 0 radical (unpaired) electrons. The highest BCUT2D eigenvalue weighted by Gasteiger charge is 2.49. The Kier molecular flexibility index (Phi) is 3.28. The number of rotatable bonds is 3. The molecular formula is C17H13NO7. The van der Waals surface area contributed by atoms with Crippen molar-refractivity contribution >= 4 is 17.6 Å². The molecular weight excluding hydrogens is 330 g/mol. The van der Waals surface area contributed by atoms with Crippen LogP contribution in [0.25, 0.3) is 11.6 Å². The number of allylic oxidation sites excluding steroid dienone is 1. The quantitative estimate of drug-likeness (QED) is 0.662. The van der Waals surface area contributed by atoms with Gasteiger partial charge in [0.05, 0.1) is 23.9 Å². The van der Waals surface area contributed by atoms with Crippen molar-refractivity contribution in [2.24, 2.45) is 11.8 Å². The summed E-state index contributed by atoms with van der Waals surface area (Å²) < 4.78 is 16.2. The van der Waals surface area contributed by atoms with Crippen LogP contribution in [0.2, 0.25) is 0 Å². The summed E-state index contributed by atoms with van der Waals surface area (Å²) in [6.07, 6.45) is 2.76. The maximum atomic E-state index is 11.8. The number of hydrogen-bond donors (Lipinski definition) is 1. The lowest BCUT2D eigenvalue weighted by Crippen LogP contribution is -2.32. The maximum absolute atomic E-state index is 11.8. The second-order valence-electron chi connectivity index (χ2n) is 5.77. The molecule has 0 aromatic heterocycles. The van der Waals surface area contributed by atoms with E-state index in [4.69, 9.17) is 14.2 Å². The van der Waals surface area contributed by atoms with Gasteiger partial charge in [0, 0.05) is 17.2 Å². The largest absolute Gasteiger partial charge is 0.496 e. The maximum Gasteiger partial charge on any atom is 0.311 e. The van der Waals surface area contributed by atoms with Crippen LogP contribution < -0.4 is 4.74 Å². The number of nitro groups is 1. The molecule has 2 atom stereocenters. The van der Waals surface area contributed by atoms with Crippen molar-refractivity contribution in [3.8, 4) is 5.75 Å². The van der Waals surface area contributed by atoms with Gasteiger partial charge in [0.25, 0.3) is 5.70 Å². The molecule has 8 nitrogen and oxygen atoms in total. The van der Waals surface area contributed by atoms with Gasteiger partial charge in [0.2, 0.25) is 6.79 Å². The lowest BCUT2D eigenvalue weighted by atomic mass is 9.72. The van der Waals surface area contributed by atoms with Crippen molar-refractivity contribution in [2.45, 2.75) is 0 Å². The molecule has 1 aliphatic heterocycles. The molecule has 25 heavy (non-hydrogen) atoms. The zero-order valence-electron chi connectivity index (χ0n) is 13.1. The highest BCUT2D eigenvalue weighted by atomic mass is 16.7. The number of fused-ring (bicyclic) bond motifs is 4. The minimum atomic E-state index is -1.16. The third kappa shape index (κ3) is 2.10. The first-order valence-corrected chi connectivity index (χ1v) is 7.51. The van der Waals surface area contributed by atoms with Crippen molar-refractivity contribution in [3.63, 3.8) is 0 Å². The Morgan fingerprint density at radius 2 is 2.20 bits per heavy atom. The summed E-state index contributed by atoms with van der Waals surface area (Å²) in [4.78, 5) is 22.9. The molecule has 1 heterocycles. The molecule has 0 spiro atoms. The summed E-state index contributed by atoms with van der Waals surface area (Å²) in [5.41, 5.74) is 1.41. The molecule has 1 aromatic rings. The van der Waals surface area contributed by atoms with Crippen molar-refractivity contribution in [1.29, 1.82) is 0 Å². The number of carboxylic acids is 1. The highest BCUT2D eigenvalue weighted by molar-refractivity contribution is 5.91. The number of nitrogens with zero attached hydrogens (tertiary/aromatic N) is 1. The molecule has 3 aliphatic rings. The van der Waals surface area contributed by atoms with Gasteiger partial charge in [0.1, 0.15) is 5.75 Å². The smallest absolute Gasteiger partial charge is 0.311 e. The minimum absolute atomic E-state index is 0.0550. The summed E-state index contributed by atoms with van der Waals surface area (Å²) in [6.45, 7) is -0.0550. The zero-order chi connectivity index (χ0) is 17.7. The van der Waals surface area contributed by atoms with Gasteiger partial charge in [-0.05, 0) is 17.7 Å². The SMILES string of the molecule is COc1cccc2c1C=C([N+](=O)[O-])C1C2=C2OCOC2=CC1C(=O)O. The molecule has 8 heteroatoms. The summed E-state index contributed by atoms with van der Waals surface area (Å²) in [7, 11) is 1.47. The fourth-order valence-corrected chi connectivity index (χ4v) is 3.55. The number of benzene rings is 1. The van der Waals surface area contributed by atoms with E-state index in [1.54, 1.807) is 18.2 Å². The van der Waals surface area contributed by atoms with Crippen LogP contribution in [0, 0.1) is 22.0 Å². The van der Waals surface area contributed by atoms with Crippen molar-refractivity contribution in [2.75, 3.05) is 13.9 Å². The van der Waals surface area contributed by atoms with Crippen LogP contribution in [0.4, 0.5) is 0 Å². The van der Waals surface area contributed by atoms with Gasteiger partial charge in [-0.2, -0.15) is 0 Å². The average molecular weight is 343 g/mol. The van der Waals surface area contributed by atoms with Crippen LogP contribution in [-0.2, 0) is 14.3 Å². The van der Waals surface area contributed by atoms with Gasteiger partial charge in [-0.15, -0.1) is 0 Å². The van der Waals surface area contributed by atoms with E-state index < -0.39 is 22.7 Å². The Bertz CT molecular complexity index is 896. The number of ether oxygens (including phenoxy) is 3. The fraction of sp³-hybridized carbons (Fsp3) is 0.235. The van der Waals surface area contributed by atoms with Gasteiger partial charge in [-0.1, -0.05) is 12.1 Å². The molecule has 128 valence electrons. The standard InChI is InChI=1S/C17H13NO7/c1-23-12-4-2-3-8-9(12)5-11(18(21)22)14-10(17(19)20)6-13-16(15(8)14)25-7-24-13/h2-6,10,14H,7H2,1H3,(H,19,20). The van der Waals surface area contributed by atoms with Gasteiger partial charge >= 0.3 is 5.97 Å². The molecule has 1 N–H and O–H groups in total. The van der Waals surface area contributed by atoms with E-state index in [1.165, 1.54) is 19.3 Å². The molecule has 1 saturated heterocycles. The molecule has 2 aliphatic carbocycles. The van der Waals surface area contributed by atoms with E-state index >= 15 is 0 Å². The third-order valence-electron chi connectivity index (χ3n) is 4.57. The number of carboxylic acid groups (broad SMARTS) is 1. The first kappa shape index (κ1) is 15.3. The molecule has 4 rings (SSSR count). The van der Waals surface area contributed by atoms with Crippen molar-refractivity contribution in [3.05, 3.63) is 62.7 Å². The van der Waals surface area contributed by atoms with E-state index in [-0.39, 0.29) is 12.5 Å². The van der Waals surface area contributed by atoms with Crippen molar-refractivity contribution < 1.29 is 29.0 Å². The molecule has 2 unspecified atom stereocenters. The van der Waals surface area contributed by atoms with Gasteiger partial charge in [-0.3, -0.25) is 14.9 Å². The van der Waals surface area contributed by atoms with E-state index in [9.17, 15) is 20.0 Å². The van der Waals surface area contributed by atoms with E-state index in [2.05, 4.69) is 0 Å². The Morgan fingerprint density at radius 1 is 1.40 bits per heavy atom. The van der Waals surface area contributed by atoms with Crippen LogP contribution in [0.15, 0.2) is 41.5 Å². The second-order valence-corrected chi connectivity index (χ2v) is 5.77. The van der Waals surface area contributed by atoms with Crippen molar-refractivity contribution in [1.82, 2.24) is 0 Å². The van der Waals surface area contributed by atoms with Crippen LogP contribution in [0.1, 0.15) is 11.1 Å². The zero-order valence-corrected chi connectivity index (χ0v) is 13.1. The second kappa shape index (κ2) is 5.37. The molecule has 1 aromatic carbocycles. The summed E-state index contributed by atoms with van der Waals surface area (Å²) >= 11 is 0. The van der Waals surface area contributed by atoms with E-state index in [0.29, 0.717) is 34.0 Å². The Morgan fingerprint density at radius 3 is 2.88 bits per heavy atom. The summed E-state index contributed by atoms with van der Waals surface area (Å²) in [6, 6.07) is 5.21. The lowest BCUT2D eigenvalue weighted by Gasteiger charge is -2.31. The molecule has 0 bridgehead atoms. The predicted octanol–water partition coefficient (Wildman–Crippen LogP) is 2.26. The minimum Gasteiger partial charge on any atom is -0.496 e. The first-order valence-electron chi connectivity index (χ1n) is 7.51. The fourth-order valence-electron chi connectivity index (χ4n) is 3.55. The van der Waals surface area contributed by atoms with Crippen LogP contribution in [-0.4, -0.2) is 29.9 Å². The number of aliphatic carboxylic acids is 1.